The van der Waals surface area contributed by atoms with Crippen LogP contribution in [0.2, 0.25) is 0 Å². The Morgan fingerprint density at radius 3 is 2.58 bits per heavy atom. The van der Waals surface area contributed by atoms with E-state index in [0.717, 1.165) is 0 Å². The van der Waals surface area contributed by atoms with E-state index in [0.29, 0.717) is 15.7 Å². The molecule has 0 fully saturated rings. The van der Waals surface area contributed by atoms with E-state index in [1.54, 1.807) is 13.0 Å². The number of sulfonamides is 1. The first-order valence-electron chi connectivity index (χ1n) is 5.32. The largest absolute Gasteiger partial charge is 0.398 e. The van der Waals surface area contributed by atoms with E-state index in [9.17, 15) is 13.2 Å². The predicted molar refractivity (Wildman–Crippen MR) is 76.1 cm³/mol. The third-order valence-corrected chi connectivity index (χ3v) is 4.42. The van der Waals surface area contributed by atoms with Crippen LogP contribution in [0.15, 0.2) is 21.5 Å². The quantitative estimate of drug-likeness (QED) is 0.449. The molecule has 0 radical (unpaired) electrons. The van der Waals surface area contributed by atoms with Crippen LogP contribution < -0.4 is 21.5 Å². The molecule has 0 bridgehead atoms. The van der Waals surface area contributed by atoms with Gasteiger partial charge in [-0.25, -0.2) is 17.9 Å². The molecule has 1 rings (SSSR count). The van der Waals surface area contributed by atoms with Crippen LogP contribution in [0.3, 0.4) is 0 Å². The monoisotopic (exact) mass is 350 g/mol. The fourth-order valence-corrected chi connectivity index (χ4v) is 3.36. The van der Waals surface area contributed by atoms with Crippen LogP contribution in [-0.4, -0.2) is 27.5 Å². The zero-order chi connectivity index (χ0) is 14.6. The zero-order valence-corrected chi connectivity index (χ0v) is 12.6. The van der Waals surface area contributed by atoms with Gasteiger partial charge in [0.1, 0.15) is 0 Å². The van der Waals surface area contributed by atoms with Crippen molar-refractivity contribution >= 4 is 37.7 Å². The first-order chi connectivity index (χ1) is 8.74. The molecule has 0 saturated heterocycles. The minimum Gasteiger partial charge on any atom is -0.398 e. The number of nitrogens with two attached hydrogens (primary N) is 2. The van der Waals surface area contributed by atoms with Crippen molar-refractivity contribution in [1.82, 2.24) is 10.0 Å². The molecule has 0 saturated carbocycles. The van der Waals surface area contributed by atoms with Gasteiger partial charge in [0, 0.05) is 23.2 Å². The van der Waals surface area contributed by atoms with Crippen molar-refractivity contribution in [1.29, 1.82) is 0 Å². The Labute approximate surface area is 119 Å². The summed E-state index contributed by atoms with van der Waals surface area (Å²) in [5.41, 5.74) is 11.4. The first-order valence-corrected chi connectivity index (χ1v) is 7.60. The Morgan fingerprint density at radius 2 is 2.00 bits per heavy atom. The molecule has 0 aromatic heterocycles. The Balaban J connectivity index is 2.86. The number of urea groups is 1. The Kier molecular flexibility index (Phi) is 5.15. The summed E-state index contributed by atoms with van der Waals surface area (Å²) in [5, 5.41) is 2.28. The van der Waals surface area contributed by atoms with Crippen LogP contribution in [0.5, 0.6) is 0 Å². The van der Waals surface area contributed by atoms with Gasteiger partial charge in [-0.1, -0.05) is 15.9 Å². The van der Waals surface area contributed by atoms with Gasteiger partial charge in [-0.15, -0.1) is 0 Å². The minimum absolute atomic E-state index is 0.0388. The maximum absolute atomic E-state index is 12.1. The van der Waals surface area contributed by atoms with Gasteiger partial charge in [-0.2, -0.15) is 0 Å². The Morgan fingerprint density at radius 1 is 1.37 bits per heavy atom. The molecular weight excluding hydrogens is 336 g/mol. The van der Waals surface area contributed by atoms with Crippen molar-refractivity contribution in [3.8, 4) is 0 Å². The number of hydrogen-bond acceptors (Lipinski definition) is 4. The van der Waals surface area contributed by atoms with Crippen LogP contribution in [0, 0.1) is 6.92 Å². The third-order valence-electron chi connectivity index (χ3n) is 2.37. The number of hydrogen-bond donors (Lipinski definition) is 4. The number of nitrogen functional groups attached to an aromatic ring is 1. The lowest BCUT2D eigenvalue weighted by atomic mass is 10.2. The standard InChI is InChI=1S/C10H15BrN4O3S/c1-6-8(12)4-7(11)5-9(6)19(17,18)15-3-2-14-10(13)16/h4-5,15H,2-3,12H2,1H3,(H3,13,14,16). The van der Waals surface area contributed by atoms with Crippen LogP contribution in [0.25, 0.3) is 0 Å². The fraction of sp³-hybridized carbons (Fsp3) is 0.300. The average Bonchev–Trinajstić information content (AvgIpc) is 2.29. The van der Waals surface area contributed by atoms with Crippen molar-refractivity contribution in [2.75, 3.05) is 18.8 Å². The van der Waals surface area contributed by atoms with Crippen LogP contribution in [0.4, 0.5) is 10.5 Å². The Hall–Kier alpha value is -1.32. The molecule has 0 heterocycles. The average molecular weight is 351 g/mol. The number of anilines is 1. The molecule has 0 spiro atoms. The number of nitrogens with one attached hydrogen (secondary N) is 2. The molecule has 1 aromatic rings. The van der Waals surface area contributed by atoms with Crippen molar-refractivity contribution in [2.24, 2.45) is 5.73 Å². The highest BCUT2D eigenvalue weighted by atomic mass is 79.9. The predicted octanol–water partition coefficient (Wildman–Crippen LogP) is 0.286. The summed E-state index contributed by atoms with van der Waals surface area (Å²) in [7, 11) is -3.69. The van der Waals surface area contributed by atoms with Gasteiger partial charge in [-0.3, -0.25) is 0 Å². The lowest BCUT2D eigenvalue weighted by Gasteiger charge is -2.11. The summed E-state index contributed by atoms with van der Waals surface area (Å²) in [6.07, 6.45) is 0. The number of rotatable bonds is 5. The first kappa shape index (κ1) is 15.7. The number of halogens is 1. The van der Waals surface area contributed by atoms with Gasteiger partial charge in [0.25, 0.3) is 0 Å². The second kappa shape index (κ2) is 6.22. The molecule has 106 valence electrons. The van der Waals surface area contributed by atoms with Gasteiger partial charge < -0.3 is 16.8 Å². The lowest BCUT2D eigenvalue weighted by Crippen LogP contribution is -2.37. The van der Waals surface area contributed by atoms with E-state index in [1.165, 1.54) is 6.07 Å². The number of carbonyl (C=O) groups is 1. The summed E-state index contributed by atoms with van der Waals surface area (Å²) >= 11 is 3.19. The highest BCUT2D eigenvalue weighted by Crippen LogP contribution is 2.25. The zero-order valence-electron chi connectivity index (χ0n) is 10.2. The molecule has 2 amide bonds. The lowest BCUT2D eigenvalue weighted by molar-refractivity contribution is 0.249. The molecule has 19 heavy (non-hydrogen) atoms. The molecule has 7 nitrogen and oxygen atoms in total. The van der Waals surface area contributed by atoms with Crippen molar-refractivity contribution in [3.63, 3.8) is 0 Å². The Bertz CT molecular complexity index is 589. The molecule has 0 aliphatic carbocycles. The van der Waals surface area contributed by atoms with E-state index in [2.05, 4.69) is 26.0 Å². The molecule has 6 N–H and O–H groups in total. The fourth-order valence-electron chi connectivity index (χ4n) is 1.40. The molecule has 1 aromatic carbocycles. The van der Waals surface area contributed by atoms with Crippen LogP contribution >= 0.6 is 15.9 Å². The van der Waals surface area contributed by atoms with Crippen LogP contribution in [-0.2, 0) is 10.0 Å². The van der Waals surface area contributed by atoms with Gasteiger partial charge in [-0.05, 0) is 24.6 Å². The summed E-state index contributed by atoms with van der Waals surface area (Å²) in [5.74, 6) is 0. The summed E-state index contributed by atoms with van der Waals surface area (Å²) in [6.45, 7) is 1.77. The topological polar surface area (TPSA) is 127 Å². The van der Waals surface area contributed by atoms with E-state index >= 15 is 0 Å². The third kappa shape index (κ3) is 4.37. The van der Waals surface area contributed by atoms with E-state index in [-0.39, 0.29) is 18.0 Å². The van der Waals surface area contributed by atoms with Gasteiger partial charge in [0.05, 0.1) is 4.90 Å². The van der Waals surface area contributed by atoms with Gasteiger partial charge in [0.15, 0.2) is 0 Å². The minimum atomic E-state index is -3.69. The van der Waals surface area contributed by atoms with Gasteiger partial charge in [0.2, 0.25) is 10.0 Å². The molecular formula is C10H15BrN4O3S. The number of primary amides is 1. The van der Waals surface area contributed by atoms with E-state index in [1.807, 2.05) is 0 Å². The van der Waals surface area contributed by atoms with Crippen molar-refractivity contribution in [3.05, 3.63) is 22.2 Å². The number of benzene rings is 1. The molecule has 9 heteroatoms. The van der Waals surface area contributed by atoms with Crippen molar-refractivity contribution in [2.45, 2.75) is 11.8 Å². The highest BCUT2D eigenvalue weighted by Gasteiger charge is 2.18. The summed E-state index contributed by atoms with van der Waals surface area (Å²) in [6, 6.07) is 2.39. The smallest absolute Gasteiger partial charge is 0.312 e. The van der Waals surface area contributed by atoms with Crippen LogP contribution in [0.1, 0.15) is 5.56 Å². The van der Waals surface area contributed by atoms with E-state index in [4.69, 9.17) is 11.5 Å². The molecule has 0 aliphatic heterocycles. The maximum atomic E-state index is 12.1. The SMILES string of the molecule is Cc1c(N)cc(Br)cc1S(=O)(=O)NCCNC(N)=O. The van der Waals surface area contributed by atoms with Gasteiger partial charge >= 0.3 is 6.03 Å². The van der Waals surface area contributed by atoms with E-state index < -0.39 is 16.1 Å². The molecule has 0 aliphatic rings. The summed E-state index contributed by atoms with van der Waals surface area (Å²) in [4.78, 5) is 10.5. The highest BCUT2D eigenvalue weighted by molar-refractivity contribution is 9.10. The molecule has 0 atom stereocenters. The second-order valence-corrected chi connectivity index (χ2v) is 6.46. The van der Waals surface area contributed by atoms with Crippen molar-refractivity contribution < 1.29 is 13.2 Å². The maximum Gasteiger partial charge on any atom is 0.312 e. The number of carbonyl (C=O) groups excluding carboxylic acids is 1. The molecule has 0 unspecified atom stereocenters. The normalized spacial score (nSPS) is 11.3. The number of amides is 2. The second-order valence-electron chi connectivity index (χ2n) is 3.81. The summed E-state index contributed by atoms with van der Waals surface area (Å²) < 4.78 is 27.1.